The van der Waals surface area contributed by atoms with Gasteiger partial charge in [0.2, 0.25) is 5.91 Å². The van der Waals surface area contributed by atoms with Crippen LogP contribution < -0.4 is 5.32 Å². The quantitative estimate of drug-likeness (QED) is 0.557. The number of alkyl halides is 6. The van der Waals surface area contributed by atoms with Crippen LogP contribution in [0.15, 0.2) is 42.5 Å². The third-order valence-corrected chi connectivity index (χ3v) is 5.95. The summed E-state index contributed by atoms with van der Waals surface area (Å²) in [5.74, 6) is -0.299. The van der Waals surface area contributed by atoms with E-state index < -0.39 is 29.5 Å². The number of nitrogens with zero attached hydrogens (tertiary/aromatic N) is 2. The van der Waals surface area contributed by atoms with Crippen LogP contribution in [0.4, 0.5) is 26.3 Å². The van der Waals surface area contributed by atoms with Gasteiger partial charge in [-0.15, -0.1) is 0 Å². The standard InChI is InChI=1S/C23H24ClF6N3O/c1-32(9-6-15-12-17(22(25,26)27)14-18(13-15)23(28,29)30)21(34)20(33-10-7-31-8-11-33)16-2-4-19(24)5-3-16/h2-5,12-14,20,31H,6-11H2,1H3. The molecule has 1 N–H and O–H groups in total. The van der Waals surface area contributed by atoms with Crippen LogP contribution in [0.5, 0.6) is 0 Å². The van der Waals surface area contributed by atoms with E-state index in [0.717, 1.165) is 0 Å². The monoisotopic (exact) mass is 507 g/mol. The van der Waals surface area contributed by atoms with Crippen molar-refractivity contribution < 1.29 is 31.1 Å². The second-order valence-electron chi connectivity index (χ2n) is 8.16. The zero-order chi connectivity index (χ0) is 25.1. The van der Waals surface area contributed by atoms with Gasteiger partial charge in [0, 0.05) is 44.8 Å². The number of amides is 1. The predicted octanol–water partition coefficient (Wildman–Crippen LogP) is 5.03. The number of hydrogen-bond donors (Lipinski definition) is 1. The van der Waals surface area contributed by atoms with E-state index in [-0.39, 0.29) is 30.5 Å². The topological polar surface area (TPSA) is 35.6 Å². The van der Waals surface area contributed by atoms with Crippen LogP contribution in [-0.4, -0.2) is 55.5 Å². The molecule has 0 aromatic heterocycles. The van der Waals surface area contributed by atoms with Gasteiger partial charge in [-0.3, -0.25) is 9.69 Å². The van der Waals surface area contributed by atoms with Gasteiger partial charge < -0.3 is 10.2 Å². The average molecular weight is 508 g/mol. The molecule has 0 radical (unpaired) electrons. The van der Waals surface area contributed by atoms with Crippen molar-refractivity contribution in [2.75, 3.05) is 39.8 Å². The highest BCUT2D eigenvalue weighted by atomic mass is 35.5. The number of halogens is 7. The summed E-state index contributed by atoms with van der Waals surface area (Å²) in [7, 11) is 1.49. The summed E-state index contributed by atoms with van der Waals surface area (Å²) in [5, 5.41) is 3.72. The maximum atomic E-state index is 13.4. The fraction of sp³-hybridized carbons (Fsp3) is 0.435. The van der Waals surface area contributed by atoms with Crippen molar-refractivity contribution in [1.29, 1.82) is 0 Å². The Morgan fingerprint density at radius 2 is 1.53 bits per heavy atom. The summed E-state index contributed by atoms with van der Waals surface area (Å²) in [6.07, 6.45) is -10.00. The van der Waals surface area contributed by atoms with Crippen molar-refractivity contribution in [3.63, 3.8) is 0 Å². The summed E-state index contributed by atoms with van der Waals surface area (Å²) < 4.78 is 78.8. The highest BCUT2D eigenvalue weighted by molar-refractivity contribution is 6.30. The Bertz CT molecular complexity index is 955. The first-order valence-electron chi connectivity index (χ1n) is 10.6. The van der Waals surface area contributed by atoms with Gasteiger partial charge in [0.25, 0.3) is 0 Å². The lowest BCUT2D eigenvalue weighted by Crippen LogP contribution is -2.50. The van der Waals surface area contributed by atoms with E-state index in [1.807, 2.05) is 4.90 Å². The average Bonchev–Trinajstić information content (AvgIpc) is 2.78. The van der Waals surface area contributed by atoms with Crippen LogP contribution in [-0.2, 0) is 23.6 Å². The Labute approximate surface area is 198 Å². The largest absolute Gasteiger partial charge is 0.416 e. The Morgan fingerprint density at radius 3 is 2.03 bits per heavy atom. The van der Waals surface area contributed by atoms with Gasteiger partial charge in [-0.2, -0.15) is 26.3 Å². The lowest BCUT2D eigenvalue weighted by atomic mass is 10.0. The molecule has 34 heavy (non-hydrogen) atoms. The van der Waals surface area contributed by atoms with Crippen LogP contribution >= 0.6 is 11.6 Å². The highest BCUT2D eigenvalue weighted by Gasteiger charge is 2.37. The molecule has 1 saturated heterocycles. The first-order valence-corrected chi connectivity index (χ1v) is 11.0. The minimum absolute atomic E-state index is 0.0480. The van der Waals surface area contributed by atoms with Gasteiger partial charge in [0.1, 0.15) is 6.04 Å². The van der Waals surface area contributed by atoms with Gasteiger partial charge in [-0.05, 0) is 47.9 Å². The minimum atomic E-state index is -4.92. The molecule has 2 aromatic rings. The lowest BCUT2D eigenvalue weighted by molar-refractivity contribution is -0.143. The smallest absolute Gasteiger partial charge is 0.344 e. The second-order valence-corrected chi connectivity index (χ2v) is 8.60. The molecular formula is C23H24ClF6N3O. The molecule has 4 nitrogen and oxygen atoms in total. The predicted molar refractivity (Wildman–Crippen MR) is 116 cm³/mol. The molecule has 1 heterocycles. The van der Waals surface area contributed by atoms with E-state index in [4.69, 9.17) is 11.6 Å². The molecule has 11 heteroatoms. The molecule has 1 fully saturated rings. The number of rotatable bonds is 6. The molecule has 0 bridgehead atoms. The molecule has 0 saturated carbocycles. The lowest BCUT2D eigenvalue weighted by Gasteiger charge is -2.36. The fourth-order valence-electron chi connectivity index (χ4n) is 3.87. The number of likely N-dealkylation sites (N-methyl/N-ethyl adjacent to an activating group) is 1. The van der Waals surface area contributed by atoms with E-state index in [0.29, 0.717) is 48.9 Å². The third kappa shape index (κ3) is 6.64. The maximum absolute atomic E-state index is 13.4. The van der Waals surface area contributed by atoms with Crippen molar-refractivity contribution >= 4 is 17.5 Å². The van der Waals surface area contributed by atoms with Crippen LogP contribution in [0.1, 0.15) is 28.3 Å². The third-order valence-electron chi connectivity index (χ3n) is 5.70. The second kappa shape index (κ2) is 10.5. The van der Waals surface area contributed by atoms with Gasteiger partial charge >= 0.3 is 12.4 Å². The molecule has 1 unspecified atom stereocenters. The van der Waals surface area contributed by atoms with E-state index in [1.54, 1.807) is 24.3 Å². The van der Waals surface area contributed by atoms with E-state index in [1.165, 1.54) is 11.9 Å². The maximum Gasteiger partial charge on any atom is 0.416 e. The zero-order valence-electron chi connectivity index (χ0n) is 18.3. The summed E-state index contributed by atoms with van der Waals surface area (Å²) in [6.45, 7) is 2.54. The molecule has 186 valence electrons. The molecule has 3 rings (SSSR count). The zero-order valence-corrected chi connectivity index (χ0v) is 19.1. The molecule has 1 aliphatic rings. The van der Waals surface area contributed by atoms with E-state index in [9.17, 15) is 31.1 Å². The SMILES string of the molecule is CN(CCc1cc(C(F)(F)F)cc(C(F)(F)F)c1)C(=O)C(c1ccc(Cl)cc1)N1CCNCC1. The van der Waals surface area contributed by atoms with Crippen molar-refractivity contribution in [2.45, 2.75) is 24.8 Å². The summed E-state index contributed by atoms with van der Waals surface area (Å²) in [5.41, 5.74) is -2.18. The highest BCUT2D eigenvalue weighted by Crippen LogP contribution is 2.36. The fourth-order valence-corrected chi connectivity index (χ4v) is 4.00. The van der Waals surface area contributed by atoms with Crippen molar-refractivity contribution in [2.24, 2.45) is 0 Å². The van der Waals surface area contributed by atoms with E-state index >= 15 is 0 Å². The molecule has 0 aliphatic carbocycles. The van der Waals surface area contributed by atoms with Gasteiger partial charge in [0.05, 0.1) is 11.1 Å². The Kier molecular flexibility index (Phi) is 8.15. The van der Waals surface area contributed by atoms with Gasteiger partial charge in [-0.1, -0.05) is 23.7 Å². The Hall–Kier alpha value is -2.30. The number of hydrogen-bond acceptors (Lipinski definition) is 3. The van der Waals surface area contributed by atoms with Crippen LogP contribution in [0, 0.1) is 0 Å². The number of benzene rings is 2. The van der Waals surface area contributed by atoms with Crippen LogP contribution in [0.3, 0.4) is 0 Å². The summed E-state index contributed by atoms with van der Waals surface area (Å²) in [4.78, 5) is 16.7. The number of piperazine rings is 1. The minimum Gasteiger partial charge on any atom is -0.344 e. The molecule has 1 amide bonds. The Balaban J connectivity index is 1.81. The number of carbonyl (C=O) groups excluding carboxylic acids is 1. The Morgan fingerprint density at radius 1 is 1.00 bits per heavy atom. The molecule has 1 aliphatic heterocycles. The summed E-state index contributed by atoms with van der Waals surface area (Å²) in [6, 6.07) is 7.66. The molecule has 1 atom stereocenters. The van der Waals surface area contributed by atoms with Crippen molar-refractivity contribution in [1.82, 2.24) is 15.1 Å². The van der Waals surface area contributed by atoms with Crippen molar-refractivity contribution in [3.8, 4) is 0 Å². The van der Waals surface area contributed by atoms with Gasteiger partial charge in [0.15, 0.2) is 0 Å². The summed E-state index contributed by atoms with van der Waals surface area (Å²) >= 11 is 5.97. The molecule has 2 aromatic carbocycles. The van der Waals surface area contributed by atoms with Crippen molar-refractivity contribution in [3.05, 3.63) is 69.7 Å². The molecular weight excluding hydrogens is 484 g/mol. The first kappa shape index (κ1) is 26.3. The molecule has 0 spiro atoms. The number of carbonyl (C=O) groups is 1. The van der Waals surface area contributed by atoms with Gasteiger partial charge in [-0.25, -0.2) is 0 Å². The normalized spacial score (nSPS) is 16.4. The number of nitrogens with one attached hydrogen (secondary N) is 1. The first-order chi connectivity index (χ1) is 15.9. The van der Waals surface area contributed by atoms with Crippen LogP contribution in [0.25, 0.3) is 0 Å². The van der Waals surface area contributed by atoms with Crippen LogP contribution in [0.2, 0.25) is 5.02 Å². The van der Waals surface area contributed by atoms with E-state index in [2.05, 4.69) is 5.32 Å².